The number of carbonyl (C=O) groups is 3. The minimum atomic E-state index is -0.142. The van der Waals surface area contributed by atoms with E-state index in [-0.39, 0.29) is 29.2 Å². The van der Waals surface area contributed by atoms with Gasteiger partial charge >= 0.3 is 0 Å². The molecule has 0 atom stereocenters. The Morgan fingerprint density at radius 3 is 0.565 bits per heavy atom. The average Bonchev–Trinajstić information content (AvgIpc) is 1.58. The van der Waals surface area contributed by atoms with Gasteiger partial charge in [-0.15, -0.1) is 0 Å². The smallest absolute Gasteiger partial charge is 0.195 e. The molecule has 0 aromatic heterocycles. The summed E-state index contributed by atoms with van der Waals surface area (Å²) in [6, 6.07) is 130. The van der Waals surface area contributed by atoms with Gasteiger partial charge in [-0.2, -0.15) is 0 Å². The summed E-state index contributed by atoms with van der Waals surface area (Å²) in [4.78, 5) is 48.7. The summed E-state index contributed by atoms with van der Waals surface area (Å²) in [7, 11) is 0. The van der Waals surface area contributed by atoms with E-state index in [2.05, 4.69) is 319 Å². The van der Waals surface area contributed by atoms with Crippen molar-refractivity contribution >= 4 is 73.1 Å². The predicted octanol–water partition coefficient (Wildman–Crippen LogP) is 26.0. The number of ketones is 3. The summed E-state index contributed by atoms with van der Waals surface area (Å²) < 4.78 is 0. The molecule has 3 heteroatoms. The van der Waals surface area contributed by atoms with Gasteiger partial charge in [0.25, 0.3) is 0 Å². The molecule has 3 aliphatic carbocycles. The molecule has 3 aliphatic rings. The zero-order chi connectivity index (χ0) is 73.4. The molecule has 0 N–H and O–H groups in total. The minimum Gasteiger partial charge on any atom is -0.289 e. The Labute approximate surface area is 632 Å². The van der Waals surface area contributed by atoms with Gasteiger partial charge in [-0.25, -0.2) is 0 Å². The lowest BCUT2D eigenvalue weighted by Crippen LogP contribution is -2.08. The van der Waals surface area contributed by atoms with Gasteiger partial charge in [0.15, 0.2) is 17.3 Å². The van der Waals surface area contributed by atoms with E-state index in [0.717, 1.165) is 156 Å². The molecule has 3 nitrogen and oxygen atoms in total. The third-order valence-corrected chi connectivity index (χ3v) is 21.4. The minimum absolute atomic E-state index is 0.0174. The number of allylic oxidation sites excluding steroid dienone is 12. The standard InChI is InChI=1S/C105H76O3/c1-67(2)91-93(78-50-44-75(45-51-78)69-26-11-5-12-27-69)97(89-42-24-39-86(65-89)73-34-19-9-20-35-73)101(103(91)106)83-60-58-82(59-61-83)100-95(80-54-48-77(49-55-80)71-30-15-7-16-31-71)98(90-43-25-40-87(66-90)74-36-21-10-22-37-74)102(105(100)108)84-62-56-81(57-63-84)99-94(79-52-46-76(47-53-79)70-28-13-6-14-29-70)96(92(68(3)4)104(99)107)88-41-23-38-85(64-88)72-32-17-8-18-33-72/h5-68H,1-4H3. The van der Waals surface area contributed by atoms with Gasteiger partial charge < -0.3 is 0 Å². The summed E-state index contributed by atoms with van der Waals surface area (Å²) in [5.74, 6) is -0.421. The van der Waals surface area contributed by atoms with Crippen LogP contribution in [-0.4, -0.2) is 17.3 Å². The molecule has 0 bridgehead atoms. The highest BCUT2D eigenvalue weighted by molar-refractivity contribution is 6.59. The number of benzene rings is 14. The molecule has 14 aromatic carbocycles. The van der Waals surface area contributed by atoms with Gasteiger partial charge in [0.2, 0.25) is 0 Å². The number of hydrogen-bond donors (Lipinski definition) is 0. The monoisotopic (exact) mass is 1380 g/mol. The van der Waals surface area contributed by atoms with Crippen molar-refractivity contribution in [2.75, 3.05) is 0 Å². The molecule has 17 rings (SSSR count). The van der Waals surface area contributed by atoms with E-state index < -0.39 is 0 Å². The van der Waals surface area contributed by atoms with Crippen LogP contribution in [0.4, 0.5) is 0 Å². The maximum absolute atomic E-state index is 16.9. The van der Waals surface area contributed by atoms with Crippen molar-refractivity contribution in [2.45, 2.75) is 27.7 Å². The lowest BCUT2D eigenvalue weighted by Gasteiger charge is -2.17. The second kappa shape index (κ2) is 29.2. The highest BCUT2D eigenvalue weighted by Gasteiger charge is 2.40. The zero-order valence-corrected chi connectivity index (χ0v) is 60.7. The molecule has 0 unspecified atom stereocenters. The van der Waals surface area contributed by atoms with E-state index in [1.54, 1.807) is 0 Å². The Morgan fingerprint density at radius 1 is 0.139 bits per heavy atom. The fourth-order valence-corrected chi connectivity index (χ4v) is 16.2. The lowest BCUT2D eigenvalue weighted by molar-refractivity contribution is -0.111. The third-order valence-electron chi connectivity index (χ3n) is 21.4. The molecule has 514 valence electrons. The lowest BCUT2D eigenvalue weighted by atomic mass is 9.86. The number of carbonyl (C=O) groups excluding carboxylic acids is 3. The molecule has 0 spiro atoms. The van der Waals surface area contributed by atoms with Gasteiger partial charge in [-0.3, -0.25) is 14.4 Å². The van der Waals surface area contributed by atoms with E-state index in [0.29, 0.717) is 33.4 Å². The molecule has 0 saturated heterocycles. The van der Waals surface area contributed by atoms with Gasteiger partial charge in [-0.05, 0) is 164 Å². The largest absolute Gasteiger partial charge is 0.289 e. The van der Waals surface area contributed by atoms with E-state index in [1.807, 2.05) is 84.9 Å². The van der Waals surface area contributed by atoms with Crippen LogP contribution in [0.5, 0.6) is 0 Å². The maximum atomic E-state index is 16.9. The molecule has 14 aromatic rings. The second-order valence-electron chi connectivity index (χ2n) is 28.7. The van der Waals surface area contributed by atoms with E-state index in [4.69, 9.17) is 0 Å². The second-order valence-corrected chi connectivity index (χ2v) is 28.7. The van der Waals surface area contributed by atoms with Crippen molar-refractivity contribution in [1.82, 2.24) is 0 Å². The van der Waals surface area contributed by atoms with Crippen molar-refractivity contribution in [3.05, 3.63) is 443 Å². The van der Waals surface area contributed by atoms with Crippen molar-refractivity contribution in [1.29, 1.82) is 0 Å². The number of rotatable bonds is 18. The molecule has 108 heavy (non-hydrogen) atoms. The Morgan fingerprint density at radius 2 is 0.296 bits per heavy atom. The third kappa shape index (κ3) is 12.8. The highest BCUT2D eigenvalue weighted by atomic mass is 16.1. The van der Waals surface area contributed by atoms with Crippen LogP contribution >= 0.6 is 0 Å². The molecule has 0 aliphatic heterocycles. The topological polar surface area (TPSA) is 51.2 Å². The molecule has 0 heterocycles. The first-order chi connectivity index (χ1) is 53.0. The molecule has 0 radical (unpaired) electrons. The Kier molecular flexibility index (Phi) is 18.3. The summed E-state index contributed by atoms with van der Waals surface area (Å²) in [6.07, 6.45) is 0. The summed E-state index contributed by atoms with van der Waals surface area (Å²) in [5, 5.41) is 0. The van der Waals surface area contributed by atoms with Crippen molar-refractivity contribution in [3.8, 4) is 66.8 Å². The first-order valence-electron chi connectivity index (χ1n) is 37.3. The fourth-order valence-electron chi connectivity index (χ4n) is 16.2. The van der Waals surface area contributed by atoms with E-state index in [9.17, 15) is 0 Å². The van der Waals surface area contributed by atoms with Gasteiger partial charge in [-0.1, -0.05) is 386 Å². The van der Waals surface area contributed by atoms with Crippen molar-refractivity contribution in [3.63, 3.8) is 0 Å². The first-order valence-corrected chi connectivity index (χ1v) is 37.3. The summed E-state index contributed by atoms with van der Waals surface area (Å²) in [5.41, 5.74) is 30.3. The van der Waals surface area contributed by atoms with Crippen LogP contribution in [0.3, 0.4) is 0 Å². The summed E-state index contributed by atoms with van der Waals surface area (Å²) >= 11 is 0. The molecular formula is C105H76O3. The zero-order valence-electron chi connectivity index (χ0n) is 60.7. The SMILES string of the molecule is CC(C)C1=C(c2ccc(-c3ccccc3)cc2)C(c2cccc(-c3ccccc3)c2)=C(c2ccc(C3=C(c4ccc(-c5ccccc5)cc4)C(c4cccc(-c5ccccc5)c4)=C(c4ccc(C5=C(c6ccc(-c7ccccc7)cc6)C(c6cccc(-c7ccccc7)c6)=C(C(C)C)C5=O)cc4)C3=O)cc2)C1=O. The summed E-state index contributed by atoms with van der Waals surface area (Å²) in [6.45, 7) is 8.46. The van der Waals surface area contributed by atoms with Crippen LogP contribution in [0.2, 0.25) is 0 Å². The van der Waals surface area contributed by atoms with Crippen LogP contribution in [0.25, 0.3) is 122 Å². The highest BCUT2D eigenvalue weighted by Crippen LogP contribution is 2.55. The van der Waals surface area contributed by atoms with Crippen LogP contribution < -0.4 is 0 Å². The average molecular weight is 1390 g/mol. The van der Waals surface area contributed by atoms with E-state index >= 15 is 14.4 Å². The predicted molar refractivity (Wildman–Crippen MR) is 450 cm³/mol. The van der Waals surface area contributed by atoms with Crippen LogP contribution in [0.15, 0.2) is 387 Å². The van der Waals surface area contributed by atoms with E-state index in [1.165, 1.54) is 0 Å². The normalized spacial score (nSPS) is 13.9. The Balaban J connectivity index is 0.846. The molecule has 0 fully saturated rings. The van der Waals surface area contributed by atoms with Crippen LogP contribution in [-0.2, 0) is 14.4 Å². The fraction of sp³-hybridized carbons (Fsp3) is 0.0571. The van der Waals surface area contributed by atoms with Crippen molar-refractivity contribution < 1.29 is 14.4 Å². The maximum Gasteiger partial charge on any atom is 0.195 e. The molecular weight excluding hydrogens is 1310 g/mol. The Hall–Kier alpha value is -13.5. The van der Waals surface area contributed by atoms with Crippen molar-refractivity contribution in [2.24, 2.45) is 11.8 Å². The van der Waals surface area contributed by atoms with Gasteiger partial charge in [0, 0.05) is 55.7 Å². The van der Waals surface area contributed by atoms with Crippen LogP contribution in [0.1, 0.15) is 83.3 Å². The van der Waals surface area contributed by atoms with Crippen LogP contribution in [0, 0.1) is 11.8 Å². The number of Topliss-reactive ketones (excluding diaryl/α,β-unsaturated/α-hetero) is 3. The Bertz CT molecular complexity index is 6010. The first kappa shape index (κ1) is 67.7. The molecule has 0 saturated carbocycles. The quantitative estimate of drug-likeness (QED) is 0.0860. The molecule has 0 amide bonds. The number of hydrogen-bond acceptors (Lipinski definition) is 3. The van der Waals surface area contributed by atoms with Gasteiger partial charge in [0.05, 0.1) is 0 Å². The van der Waals surface area contributed by atoms with Gasteiger partial charge in [0.1, 0.15) is 0 Å².